The normalized spacial score (nSPS) is 17.5. The van der Waals surface area contributed by atoms with Gasteiger partial charge in [-0.2, -0.15) is 0 Å². The summed E-state index contributed by atoms with van der Waals surface area (Å²) < 4.78 is 0. The van der Waals surface area contributed by atoms with Crippen LogP contribution in [0.25, 0.3) is 0 Å². The third kappa shape index (κ3) is 5.78. The molecule has 1 aromatic carbocycles. The summed E-state index contributed by atoms with van der Waals surface area (Å²) in [6.07, 6.45) is -0.525. The summed E-state index contributed by atoms with van der Waals surface area (Å²) >= 11 is 0. The first kappa shape index (κ1) is 18.7. The molecule has 1 atom stereocenters. The van der Waals surface area contributed by atoms with Crippen molar-refractivity contribution in [3.8, 4) is 0 Å². The van der Waals surface area contributed by atoms with E-state index in [-0.39, 0.29) is 6.03 Å². The van der Waals surface area contributed by atoms with Crippen LogP contribution >= 0.6 is 0 Å². The number of hydrogen-bond acceptors (Lipinski definition) is 4. The predicted octanol–water partition coefficient (Wildman–Crippen LogP) is 0.745. The van der Waals surface area contributed by atoms with E-state index in [9.17, 15) is 9.90 Å². The minimum absolute atomic E-state index is 0.157. The Bertz CT molecular complexity index is 530. The van der Waals surface area contributed by atoms with E-state index < -0.39 is 6.10 Å². The van der Waals surface area contributed by atoms with Gasteiger partial charge in [-0.3, -0.25) is 4.90 Å². The molecule has 2 amide bonds. The van der Waals surface area contributed by atoms with Gasteiger partial charge in [0.05, 0.1) is 6.10 Å². The SMILES string of the molecule is Cc1ccccc1CNC(=O)N(C)CC(O)CN1CCN(C)CC1. The van der Waals surface area contributed by atoms with E-state index >= 15 is 0 Å². The quantitative estimate of drug-likeness (QED) is 0.806. The third-order valence-electron chi connectivity index (χ3n) is 4.59. The summed E-state index contributed by atoms with van der Waals surface area (Å²) in [6.45, 7) is 7.48. The molecule has 1 aliphatic rings. The van der Waals surface area contributed by atoms with Crippen molar-refractivity contribution >= 4 is 6.03 Å². The topological polar surface area (TPSA) is 59.1 Å². The number of aliphatic hydroxyl groups is 1. The first-order valence-electron chi connectivity index (χ1n) is 8.58. The summed E-state index contributed by atoms with van der Waals surface area (Å²) in [4.78, 5) is 18.3. The molecule has 1 aliphatic heterocycles. The van der Waals surface area contributed by atoms with Crippen LogP contribution < -0.4 is 5.32 Å². The summed E-state index contributed by atoms with van der Waals surface area (Å²) in [5, 5.41) is 13.1. The second-order valence-corrected chi connectivity index (χ2v) is 6.72. The standard InChI is InChI=1S/C18H30N4O2/c1-15-6-4-5-7-16(15)12-19-18(24)21(3)13-17(23)14-22-10-8-20(2)9-11-22/h4-7,17,23H,8-14H2,1-3H3,(H,19,24). The number of urea groups is 1. The van der Waals surface area contributed by atoms with Crippen molar-refractivity contribution < 1.29 is 9.90 Å². The minimum atomic E-state index is -0.525. The number of nitrogens with one attached hydrogen (secondary N) is 1. The summed E-state index contributed by atoms with van der Waals surface area (Å²) in [6, 6.07) is 7.85. The Balaban J connectivity index is 1.71. The second kappa shape index (κ2) is 9.01. The van der Waals surface area contributed by atoms with Crippen LogP contribution in [0.15, 0.2) is 24.3 Å². The van der Waals surface area contributed by atoms with Gasteiger partial charge in [0.2, 0.25) is 0 Å². The van der Waals surface area contributed by atoms with Gasteiger partial charge in [-0.15, -0.1) is 0 Å². The summed E-state index contributed by atoms with van der Waals surface area (Å²) in [7, 11) is 3.83. The highest BCUT2D eigenvalue weighted by molar-refractivity contribution is 5.73. The monoisotopic (exact) mass is 334 g/mol. The van der Waals surface area contributed by atoms with E-state index in [0.717, 1.165) is 37.3 Å². The molecule has 1 saturated heterocycles. The molecule has 1 aromatic rings. The van der Waals surface area contributed by atoms with Crippen molar-refractivity contribution in [1.82, 2.24) is 20.0 Å². The van der Waals surface area contributed by atoms with E-state index in [4.69, 9.17) is 0 Å². The number of carbonyl (C=O) groups excluding carboxylic acids is 1. The lowest BCUT2D eigenvalue weighted by molar-refractivity contribution is 0.0658. The van der Waals surface area contributed by atoms with Gasteiger partial charge in [0.25, 0.3) is 0 Å². The van der Waals surface area contributed by atoms with Crippen LogP contribution in [0.1, 0.15) is 11.1 Å². The number of benzene rings is 1. The summed E-state index contributed by atoms with van der Waals surface area (Å²) in [5.41, 5.74) is 2.27. The lowest BCUT2D eigenvalue weighted by Gasteiger charge is -2.34. The van der Waals surface area contributed by atoms with Crippen LogP contribution in [-0.2, 0) is 6.54 Å². The highest BCUT2D eigenvalue weighted by Crippen LogP contribution is 2.06. The molecule has 134 valence electrons. The van der Waals surface area contributed by atoms with Crippen molar-refractivity contribution in [3.05, 3.63) is 35.4 Å². The fourth-order valence-corrected chi connectivity index (χ4v) is 2.90. The molecular weight excluding hydrogens is 304 g/mol. The Morgan fingerprint density at radius 2 is 1.96 bits per heavy atom. The number of piperazine rings is 1. The largest absolute Gasteiger partial charge is 0.390 e. The van der Waals surface area contributed by atoms with Crippen LogP contribution in [0, 0.1) is 6.92 Å². The lowest BCUT2D eigenvalue weighted by atomic mass is 10.1. The van der Waals surface area contributed by atoms with Crippen molar-refractivity contribution in [2.75, 3.05) is 53.4 Å². The Kier molecular flexibility index (Phi) is 7.02. The molecule has 1 unspecified atom stereocenters. The number of hydrogen-bond donors (Lipinski definition) is 2. The van der Waals surface area contributed by atoms with Crippen LogP contribution in [0.5, 0.6) is 0 Å². The van der Waals surface area contributed by atoms with Crippen molar-refractivity contribution in [2.45, 2.75) is 19.6 Å². The van der Waals surface area contributed by atoms with E-state index in [0.29, 0.717) is 19.6 Å². The predicted molar refractivity (Wildman–Crippen MR) is 96.0 cm³/mol. The molecule has 1 heterocycles. The van der Waals surface area contributed by atoms with Gasteiger partial charge in [0, 0.05) is 52.9 Å². The van der Waals surface area contributed by atoms with Crippen LogP contribution in [0.2, 0.25) is 0 Å². The fourth-order valence-electron chi connectivity index (χ4n) is 2.90. The van der Waals surface area contributed by atoms with Gasteiger partial charge in [-0.25, -0.2) is 4.79 Å². The van der Waals surface area contributed by atoms with Crippen molar-refractivity contribution in [1.29, 1.82) is 0 Å². The fraction of sp³-hybridized carbons (Fsp3) is 0.611. The van der Waals surface area contributed by atoms with Gasteiger partial charge in [0.1, 0.15) is 0 Å². The molecule has 0 spiro atoms. The molecule has 0 aromatic heterocycles. The molecule has 24 heavy (non-hydrogen) atoms. The Hall–Kier alpha value is -1.63. The molecular formula is C18H30N4O2. The number of carbonyl (C=O) groups is 1. The number of aliphatic hydroxyl groups excluding tert-OH is 1. The van der Waals surface area contributed by atoms with Gasteiger partial charge in [-0.05, 0) is 25.1 Å². The van der Waals surface area contributed by atoms with Gasteiger partial charge in [-0.1, -0.05) is 24.3 Å². The molecule has 0 aliphatic carbocycles. The minimum Gasteiger partial charge on any atom is -0.390 e. The highest BCUT2D eigenvalue weighted by atomic mass is 16.3. The number of nitrogens with zero attached hydrogens (tertiary/aromatic N) is 3. The number of rotatable bonds is 6. The van der Waals surface area contributed by atoms with Gasteiger partial charge >= 0.3 is 6.03 Å². The van der Waals surface area contributed by atoms with Crippen molar-refractivity contribution in [2.24, 2.45) is 0 Å². The Morgan fingerprint density at radius 1 is 1.29 bits per heavy atom. The maximum atomic E-state index is 12.2. The van der Waals surface area contributed by atoms with E-state index in [1.807, 2.05) is 31.2 Å². The van der Waals surface area contributed by atoms with Gasteiger partial charge < -0.3 is 20.2 Å². The number of aryl methyl sites for hydroxylation is 1. The van der Waals surface area contributed by atoms with Gasteiger partial charge in [0.15, 0.2) is 0 Å². The zero-order chi connectivity index (χ0) is 17.5. The average molecular weight is 334 g/mol. The molecule has 2 rings (SSSR count). The summed E-state index contributed by atoms with van der Waals surface area (Å²) in [5.74, 6) is 0. The first-order valence-corrected chi connectivity index (χ1v) is 8.58. The number of β-amino-alcohol motifs (C(OH)–C–C–N with tert-alkyl or cyclic N) is 1. The molecule has 1 fully saturated rings. The zero-order valence-corrected chi connectivity index (χ0v) is 15.0. The zero-order valence-electron chi connectivity index (χ0n) is 15.0. The van der Waals surface area contributed by atoms with Crippen LogP contribution in [0.3, 0.4) is 0 Å². The molecule has 2 N–H and O–H groups in total. The second-order valence-electron chi connectivity index (χ2n) is 6.72. The van der Waals surface area contributed by atoms with E-state index in [1.165, 1.54) is 0 Å². The average Bonchev–Trinajstić information content (AvgIpc) is 2.56. The van der Waals surface area contributed by atoms with E-state index in [1.54, 1.807) is 11.9 Å². The third-order valence-corrected chi connectivity index (χ3v) is 4.59. The molecule has 6 nitrogen and oxygen atoms in total. The molecule has 0 bridgehead atoms. The maximum Gasteiger partial charge on any atom is 0.317 e. The van der Waals surface area contributed by atoms with E-state index in [2.05, 4.69) is 22.2 Å². The van der Waals surface area contributed by atoms with Crippen molar-refractivity contribution in [3.63, 3.8) is 0 Å². The van der Waals surface area contributed by atoms with Crippen LogP contribution in [-0.4, -0.2) is 85.3 Å². The first-order chi connectivity index (χ1) is 11.5. The molecule has 0 radical (unpaired) electrons. The Labute approximate surface area is 145 Å². The molecule has 6 heteroatoms. The van der Waals surface area contributed by atoms with Crippen LogP contribution in [0.4, 0.5) is 4.79 Å². The lowest BCUT2D eigenvalue weighted by Crippen LogP contribution is -2.49. The number of likely N-dealkylation sites (N-methyl/N-ethyl adjacent to an activating group) is 2. The maximum absolute atomic E-state index is 12.2. The number of amides is 2. The highest BCUT2D eigenvalue weighted by Gasteiger charge is 2.19. The molecule has 0 saturated carbocycles. The smallest absolute Gasteiger partial charge is 0.317 e. The Morgan fingerprint density at radius 3 is 2.62 bits per heavy atom.